The van der Waals surface area contributed by atoms with Crippen LogP contribution >= 0.6 is 0 Å². The zero-order valence-electron chi connectivity index (χ0n) is 10.8. The highest BCUT2D eigenvalue weighted by atomic mass is 14.9. The van der Waals surface area contributed by atoms with Gasteiger partial charge >= 0.3 is 0 Å². The van der Waals surface area contributed by atoms with Gasteiger partial charge in [-0.15, -0.1) is 0 Å². The van der Waals surface area contributed by atoms with Crippen LogP contribution < -0.4 is 5.73 Å². The first-order valence-corrected chi connectivity index (χ1v) is 6.46. The molecule has 1 fully saturated rings. The molecule has 0 bridgehead atoms. The maximum absolute atomic E-state index is 5.98. The van der Waals surface area contributed by atoms with E-state index in [1.54, 1.807) is 0 Å². The molecular weight excluding hydrogens is 208 g/mol. The van der Waals surface area contributed by atoms with E-state index in [0.29, 0.717) is 5.92 Å². The van der Waals surface area contributed by atoms with Crippen LogP contribution in [0.25, 0.3) is 0 Å². The van der Waals surface area contributed by atoms with Gasteiger partial charge < -0.3 is 5.73 Å². The monoisotopic (exact) mass is 230 g/mol. The molecule has 1 aliphatic carbocycles. The quantitative estimate of drug-likeness (QED) is 0.612. The molecule has 2 heteroatoms. The zero-order valence-corrected chi connectivity index (χ0v) is 10.8. The van der Waals surface area contributed by atoms with Crippen LogP contribution in [0.15, 0.2) is 35.3 Å². The lowest BCUT2D eigenvalue weighted by Gasteiger charge is -2.20. The maximum Gasteiger partial charge on any atom is 0.0975 e. The van der Waals surface area contributed by atoms with Crippen molar-refractivity contribution in [1.82, 2.24) is 0 Å². The molecule has 0 atom stereocenters. The molecule has 2 rings (SSSR count). The summed E-state index contributed by atoms with van der Waals surface area (Å²) in [5.74, 6) is 1.44. The van der Waals surface area contributed by atoms with E-state index < -0.39 is 0 Å². The summed E-state index contributed by atoms with van der Waals surface area (Å²) in [7, 11) is 0. The number of aryl methyl sites for hydroxylation is 1. The minimum Gasteiger partial charge on any atom is -0.387 e. The first-order chi connectivity index (χ1) is 8.07. The largest absolute Gasteiger partial charge is 0.387 e. The lowest BCUT2D eigenvalue weighted by atomic mass is 9.96. The first kappa shape index (κ1) is 12.2. The van der Waals surface area contributed by atoms with Gasteiger partial charge in [0.2, 0.25) is 0 Å². The molecule has 2 nitrogen and oxygen atoms in total. The van der Waals surface area contributed by atoms with Crippen molar-refractivity contribution in [3.63, 3.8) is 0 Å². The fourth-order valence-corrected chi connectivity index (χ4v) is 1.97. The average molecular weight is 230 g/mol. The Morgan fingerprint density at radius 3 is 2.53 bits per heavy atom. The Morgan fingerprint density at radius 2 is 1.94 bits per heavy atom. The van der Waals surface area contributed by atoms with Crippen LogP contribution in [-0.2, 0) is 6.42 Å². The van der Waals surface area contributed by atoms with Crippen molar-refractivity contribution in [1.29, 1.82) is 0 Å². The van der Waals surface area contributed by atoms with E-state index in [9.17, 15) is 0 Å². The molecule has 0 radical (unpaired) electrons. The van der Waals surface area contributed by atoms with Crippen LogP contribution in [0, 0.1) is 5.92 Å². The summed E-state index contributed by atoms with van der Waals surface area (Å²) in [6.45, 7) is 4.34. The number of rotatable bonds is 5. The number of hydrogen-bond donors (Lipinski definition) is 1. The van der Waals surface area contributed by atoms with Gasteiger partial charge in [-0.3, -0.25) is 4.99 Å². The van der Waals surface area contributed by atoms with Crippen LogP contribution in [0.3, 0.4) is 0 Å². The van der Waals surface area contributed by atoms with E-state index in [4.69, 9.17) is 5.73 Å². The van der Waals surface area contributed by atoms with Gasteiger partial charge in [0, 0.05) is 5.92 Å². The molecule has 0 unspecified atom stereocenters. The second-order valence-corrected chi connectivity index (χ2v) is 5.61. The first-order valence-electron chi connectivity index (χ1n) is 6.46. The number of nitrogens with zero attached hydrogens (tertiary/aromatic N) is 1. The number of nitrogens with two attached hydrogens (primary N) is 1. The van der Waals surface area contributed by atoms with Crippen molar-refractivity contribution in [2.75, 3.05) is 0 Å². The van der Waals surface area contributed by atoms with Crippen molar-refractivity contribution < 1.29 is 0 Å². The minimum atomic E-state index is -0.0392. The second kappa shape index (κ2) is 4.91. The predicted molar refractivity (Wildman–Crippen MR) is 73.2 cm³/mol. The Bertz CT molecular complexity index is 389. The number of amidine groups is 1. The molecule has 2 N–H and O–H groups in total. The molecular formula is C15H22N2. The highest BCUT2D eigenvalue weighted by Crippen LogP contribution is 2.30. The Morgan fingerprint density at radius 1 is 1.29 bits per heavy atom. The number of benzene rings is 1. The zero-order chi connectivity index (χ0) is 12.3. The van der Waals surface area contributed by atoms with Crippen LogP contribution in [0.5, 0.6) is 0 Å². The van der Waals surface area contributed by atoms with Crippen molar-refractivity contribution in [2.45, 2.75) is 45.1 Å². The third-order valence-corrected chi connectivity index (χ3v) is 3.30. The fraction of sp³-hybridized carbons (Fsp3) is 0.533. The summed E-state index contributed by atoms with van der Waals surface area (Å²) in [6.07, 6.45) is 4.56. The average Bonchev–Trinajstić information content (AvgIpc) is 3.11. The lowest BCUT2D eigenvalue weighted by molar-refractivity contribution is 0.478. The molecule has 1 saturated carbocycles. The summed E-state index contributed by atoms with van der Waals surface area (Å²) >= 11 is 0. The highest BCUT2D eigenvalue weighted by molar-refractivity contribution is 5.85. The van der Waals surface area contributed by atoms with Crippen molar-refractivity contribution >= 4 is 5.84 Å². The lowest BCUT2D eigenvalue weighted by Crippen LogP contribution is -2.25. The Labute approximate surface area is 104 Å². The van der Waals surface area contributed by atoms with E-state index in [2.05, 4.69) is 49.2 Å². The van der Waals surface area contributed by atoms with E-state index in [1.807, 2.05) is 0 Å². The molecule has 92 valence electrons. The van der Waals surface area contributed by atoms with Crippen LogP contribution in [0.4, 0.5) is 0 Å². The number of aliphatic imine (C=N–C) groups is 1. The van der Waals surface area contributed by atoms with Gasteiger partial charge in [-0.25, -0.2) is 0 Å². The van der Waals surface area contributed by atoms with Gasteiger partial charge in [-0.05, 0) is 45.1 Å². The normalized spacial score (nSPS) is 17.2. The fourth-order valence-electron chi connectivity index (χ4n) is 1.97. The van der Waals surface area contributed by atoms with Gasteiger partial charge in [0.1, 0.15) is 0 Å². The molecule has 0 saturated heterocycles. The molecule has 17 heavy (non-hydrogen) atoms. The van der Waals surface area contributed by atoms with Gasteiger partial charge in [-0.2, -0.15) is 0 Å². The van der Waals surface area contributed by atoms with E-state index >= 15 is 0 Å². The van der Waals surface area contributed by atoms with Gasteiger partial charge in [0.15, 0.2) is 0 Å². The molecule has 0 amide bonds. The molecule has 1 aliphatic rings. The van der Waals surface area contributed by atoms with Gasteiger partial charge in [0.05, 0.1) is 11.4 Å². The van der Waals surface area contributed by atoms with Crippen LogP contribution in [0.1, 0.15) is 38.7 Å². The molecule has 1 aromatic carbocycles. The minimum absolute atomic E-state index is 0.0392. The second-order valence-electron chi connectivity index (χ2n) is 5.61. The van der Waals surface area contributed by atoms with E-state index in [1.165, 1.54) is 18.4 Å². The van der Waals surface area contributed by atoms with Crippen molar-refractivity contribution in [3.8, 4) is 0 Å². The van der Waals surface area contributed by atoms with Crippen LogP contribution in [-0.4, -0.2) is 11.4 Å². The molecule has 0 aromatic heterocycles. The van der Waals surface area contributed by atoms with Crippen molar-refractivity contribution in [2.24, 2.45) is 16.6 Å². The molecule has 1 aromatic rings. The summed E-state index contributed by atoms with van der Waals surface area (Å²) in [5.41, 5.74) is 7.32. The molecule has 0 spiro atoms. The van der Waals surface area contributed by atoms with E-state index in [0.717, 1.165) is 18.7 Å². The topological polar surface area (TPSA) is 38.4 Å². The smallest absolute Gasteiger partial charge is 0.0975 e. The third kappa shape index (κ3) is 3.88. The number of hydrogen-bond acceptors (Lipinski definition) is 1. The Kier molecular flexibility index (Phi) is 3.51. The van der Waals surface area contributed by atoms with Gasteiger partial charge in [-0.1, -0.05) is 30.3 Å². The maximum atomic E-state index is 5.98. The highest BCUT2D eigenvalue weighted by Gasteiger charge is 2.27. The SMILES string of the molecule is CC(C)(CCc1ccccc1)N=C(N)C1CC1. The van der Waals surface area contributed by atoms with Gasteiger partial charge in [0.25, 0.3) is 0 Å². The summed E-state index contributed by atoms with van der Waals surface area (Å²) < 4.78 is 0. The molecule has 0 heterocycles. The summed E-state index contributed by atoms with van der Waals surface area (Å²) in [5, 5.41) is 0. The predicted octanol–water partition coefficient (Wildman–Crippen LogP) is 3.17. The molecule has 0 aliphatic heterocycles. The Hall–Kier alpha value is -1.31. The standard InChI is InChI=1S/C15H22N2/c1-15(2,17-14(16)13-8-9-13)11-10-12-6-4-3-5-7-12/h3-7,13H,8-11H2,1-2H3,(H2,16,17). The van der Waals surface area contributed by atoms with Crippen LogP contribution in [0.2, 0.25) is 0 Å². The Balaban J connectivity index is 1.90. The third-order valence-electron chi connectivity index (χ3n) is 3.30. The van der Waals surface area contributed by atoms with Crippen molar-refractivity contribution in [3.05, 3.63) is 35.9 Å². The van der Waals surface area contributed by atoms with E-state index in [-0.39, 0.29) is 5.54 Å². The summed E-state index contributed by atoms with van der Waals surface area (Å²) in [6, 6.07) is 10.6. The summed E-state index contributed by atoms with van der Waals surface area (Å²) in [4.78, 5) is 4.68.